The van der Waals surface area contributed by atoms with Gasteiger partial charge in [0.15, 0.2) is 0 Å². The van der Waals surface area contributed by atoms with E-state index in [4.69, 9.17) is 6.42 Å². The molecule has 0 saturated carbocycles. The number of terminal acetylenes is 1. The molecule has 0 aliphatic rings. The van der Waals surface area contributed by atoms with Gasteiger partial charge in [-0.1, -0.05) is 6.92 Å². The van der Waals surface area contributed by atoms with Crippen LogP contribution in [0.25, 0.3) is 0 Å². The zero-order valence-corrected chi connectivity index (χ0v) is 8.40. The number of hydrogen-bond acceptors (Lipinski definition) is 3. The molecule has 0 amide bonds. The number of nitrogens with one attached hydrogen (secondary N) is 1. The molecule has 0 spiro atoms. The van der Waals surface area contributed by atoms with E-state index in [-0.39, 0.29) is 6.04 Å². The van der Waals surface area contributed by atoms with Crippen LogP contribution in [0.5, 0.6) is 0 Å². The second-order valence-electron chi connectivity index (χ2n) is 3.02. The number of nitrogens with zero attached hydrogens (tertiary/aromatic N) is 2. The zero-order chi connectivity index (χ0) is 10.2. The van der Waals surface area contributed by atoms with Crippen molar-refractivity contribution in [1.29, 1.82) is 0 Å². The number of rotatable bonds is 5. The third-order valence-corrected chi connectivity index (χ3v) is 1.86. The molecule has 1 aromatic heterocycles. The minimum absolute atomic E-state index is 0.0844. The van der Waals surface area contributed by atoms with Crippen LogP contribution >= 0.6 is 0 Å². The van der Waals surface area contributed by atoms with Crippen LogP contribution in [-0.2, 0) is 0 Å². The molecule has 0 fully saturated rings. The summed E-state index contributed by atoms with van der Waals surface area (Å²) in [5.74, 6) is 3.41. The molecule has 74 valence electrons. The van der Waals surface area contributed by atoms with Gasteiger partial charge in [0.1, 0.15) is 5.82 Å². The van der Waals surface area contributed by atoms with Gasteiger partial charge in [-0.3, -0.25) is 0 Å². The molecule has 0 bridgehead atoms. The van der Waals surface area contributed by atoms with E-state index < -0.39 is 0 Å². The summed E-state index contributed by atoms with van der Waals surface area (Å²) < 4.78 is 0. The van der Waals surface area contributed by atoms with Crippen molar-refractivity contribution in [3.63, 3.8) is 0 Å². The van der Waals surface area contributed by atoms with E-state index in [9.17, 15) is 0 Å². The largest absolute Gasteiger partial charge is 0.307 e. The molecule has 0 saturated heterocycles. The first-order chi connectivity index (χ1) is 6.88. The Balaban J connectivity index is 2.63. The molecule has 0 radical (unpaired) electrons. The second-order valence-corrected chi connectivity index (χ2v) is 3.02. The lowest BCUT2D eigenvalue weighted by Gasteiger charge is -2.13. The lowest BCUT2D eigenvalue weighted by atomic mass is 10.2. The van der Waals surface area contributed by atoms with Crippen LogP contribution in [0.4, 0.5) is 0 Å². The van der Waals surface area contributed by atoms with Crippen LogP contribution in [0.3, 0.4) is 0 Å². The maximum Gasteiger partial charge on any atom is 0.146 e. The summed E-state index contributed by atoms with van der Waals surface area (Å²) in [7, 11) is 0. The highest BCUT2D eigenvalue weighted by atomic mass is 15.0. The zero-order valence-electron chi connectivity index (χ0n) is 8.40. The number of hydrogen-bond donors (Lipinski definition) is 1. The van der Waals surface area contributed by atoms with E-state index >= 15 is 0 Å². The van der Waals surface area contributed by atoms with Gasteiger partial charge in [0.25, 0.3) is 0 Å². The Hall–Kier alpha value is -1.40. The Morgan fingerprint density at radius 1 is 1.50 bits per heavy atom. The van der Waals surface area contributed by atoms with Gasteiger partial charge in [0.05, 0.1) is 6.04 Å². The SMILES string of the molecule is C#CCC(NCCC)c1ncccn1. The van der Waals surface area contributed by atoms with E-state index in [1.165, 1.54) is 0 Å². The molecule has 1 aromatic rings. The van der Waals surface area contributed by atoms with Crippen LogP contribution in [0, 0.1) is 12.3 Å². The van der Waals surface area contributed by atoms with E-state index in [1.54, 1.807) is 18.5 Å². The first-order valence-electron chi connectivity index (χ1n) is 4.82. The van der Waals surface area contributed by atoms with Crippen LogP contribution in [0.1, 0.15) is 31.6 Å². The van der Waals surface area contributed by atoms with Crippen LogP contribution in [0.2, 0.25) is 0 Å². The fraction of sp³-hybridized carbons (Fsp3) is 0.455. The summed E-state index contributed by atoms with van der Waals surface area (Å²) in [5, 5.41) is 3.32. The summed E-state index contributed by atoms with van der Waals surface area (Å²) in [6, 6.07) is 1.89. The second kappa shape index (κ2) is 6.11. The summed E-state index contributed by atoms with van der Waals surface area (Å²) in [6.07, 6.45) is 10.5. The Morgan fingerprint density at radius 3 is 2.79 bits per heavy atom. The van der Waals surface area contributed by atoms with Crippen molar-refractivity contribution in [2.24, 2.45) is 0 Å². The molecular weight excluding hydrogens is 174 g/mol. The highest BCUT2D eigenvalue weighted by Gasteiger charge is 2.10. The lowest BCUT2D eigenvalue weighted by molar-refractivity contribution is 0.517. The average Bonchev–Trinajstić information content (AvgIpc) is 2.25. The van der Waals surface area contributed by atoms with Gasteiger partial charge >= 0.3 is 0 Å². The minimum atomic E-state index is 0.0844. The summed E-state index contributed by atoms with van der Waals surface area (Å²) in [6.45, 7) is 3.05. The Kier molecular flexibility index (Phi) is 4.66. The molecule has 1 rings (SSSR count). The highest BCUT2D eigenvalue weighted by molar-refractivity contribution is 5.01. The molecule has 0 aromatic carbocycles. The van der Waals surface area contributed by atoms with Gasteiger partial charge in [-0.05, 0) is 19.0 Å². The monoisotopic (exact) mass is 189 g/mol. The first kappa shape index (κ1) is 10.7. The van der Waals surface area contributed by atoms with E-state index in [0.29, 0.717) is 6.42 Å². The molecule has 0 aliphatic carbocycles. The molecule has 1 atom stereocenters. The Morgan fingerprint density at radius 2 is 2.21 bits per heavy atom. The summed E-state index contributed by atoms with van der Waals surface area (Å²) in [5.41, 5.74) is 0. The third-order valence-electron chi connectivity index (χ3n) is 1.86. The van der Waals surface area contributed by atoms with Gasteiger partial charge in [-0.2, -0.15) is 0 Å². The van der Waals surface area contributed by atoms with Crippen molar-refractivity contribution in [2.45, 2.75) is 25.8 Å². The fourth-order valence-corrected chi connectivity index (χ4v) is 1.18. The standard InChI is InChI=1S/C11H15N3/c1-3-6-10(12-7-4-2)11-13-8-5-9-14-11/h1,5,8-10,12H,4,6-7H2,2H3. The minimum Gasteiger partial charge on any atom is -0.307 e. The topological polar surface area (TPSA) is 37.8 Å². The molecule has 0 aliphatic heterocycles. The van der Waals surface area contributed by atoms with Gasteiger partial charge in [-0.15, -0.1) is 12.3 Å². The van der Waals surface area contributed by atoms with Gasteiger partial charge in [-0.25, -0.2) is 9.97 Å². The molecule has 3 heteroatoms. The van der Waals surface area contributed by atoms with Crippen LogP contribution in [0.15, 0.2) is 18.5 Å². The van der Waals surface area contributed by atoms with Crippen molar-refractivity contribution in [1.82, 2.24) is 15.3 Å². The van der Waals surface area contributed by atoms with Crippen molar-refractivity contribution >= 4 is 0 Å². The normalized spacial score (nSPS) is 12.0. The smallest absolute Gasteiger partial charge is 0.146 e. The fourth-order valence-electron chi connectivity index (χ4n) is 1.18. The van der Waals surface area contributed by atoms with Gasteiger partial charge in [0, 0.05) is 18.8 Å². The van der Waals surface area contributed by atoms with E-state index in [1.807, 2.05) is 0 Å². The van der Waals surface area contributed by atoms with Crippen molar-refractivity contribution in [2.75, 3.05) is 6.54 Å². The molecule has 14 heavy (non-hydrogen) atoms. The maximum atomic E-state index is 5.29. The molecule has 3 nitrogen and oxygen atoms in total. The van der Waals surface area contributed by atoms with Gasteiger partial charge < -0.3 is 5.32 Å². The number of aromatic nitrogens is 2. The quantitative estimate of drug-likeness (QED) is 0.714. The molecular formula is C11H15N3. The summed E-state index contributed by atoms with van der Waals surface area (Å²) in [4.78, 5) is 8.36. The third kappa shape index (κ3) is 3.15. The molecule has 1 N–H and O–H groups in total. The van der Waals surface area contributed by atoms with Gasteiger partial charge in [0.2, 0.25) is 0 Å². The van der Waals surface area contributed by atoms with Crippen molar-refractivity contribution in [3.05, 3.63) is 24.3 Å². The average molecular weight is 189 g/mol. The van der Waals surface area contributed by atoms with E-state index in [2.05, 4.69) is 28.1 Å². The van der Waals surface area contributed by atoms with Crippen molar-refractivity contribution in [3.8, 4) is 12.3 Å². The maximum absolute atomic E-state index is 5.29. The van der Waals surface area contributed by atoms with Crippen molar-refractivity contribution < 1.29 is 0 Å². The predicted molar refractivity (Wildman–Crippen MR) is 56.5 cm³/mol. The van der Waals surface area contributed by atoms with Crippen LogP contribution in [-0.4, -0.2) is 16.5 Å². The molecule has 1 heterocycles. The first-order valence-corrected chi connectivity index (χ1v) is 4.82. The van der Waals surface area contributed by atoms with E-state index in [0.717, 1.165) is 18.8 Å². The van der Waals surface area contributed by atoms with Crippen LogP contribution < -0.4 is 5.32 Å². The summed E-state index contributed by atoms with van der Waals surface area (Å²) >= 11 is 0. The Bertz CT molecular complexity index is 289. The highest BCUT2D eigenvalue weighted by Crippen LogP contribution is 2.09. The lowest BCUT2D eigenvalue weighted by Crippen LogP contribution is -2.23. The predicted octanol–water partition coefficient (Wildman–Crippen LogP) is 1.54. The Labute approximate surface area is 85.0 Å². The molecule has 1 unspecified atom stereocenters.